The molecule has 3 rings (SSSR count). The van der Waals surface area contributed by atoms with Crippen molar-refractivity contribution < 1.29 is 9.18 Å². The molecule has 0 saturated heterocycles. The molecule has 0 aliphatic rings. The van der Waals surface area contributed by atoms with Crippen LogP contribution in [0, 0.1) is 12.7 Å². The van der Waals surface area contributed by atoms with Crippen LogP contribution in [0.15, 0.2) is 29.0 Å². The second kappa shape index (κ2) is 6.55. The average molecular weight is 347 g/mol. The van der Waals surface area contributed by atoms with E-state index in [1.807, 2.05) is 17.7 Å². The highest BCUT2D eigenvalue weighted by Crippen LogP contribution is 2.28. The standard InChI is InChI=1S/C16H14FN3OS2/c1-9-7-22-15(18-9)6-16-20-14(8-23-16)12-4-3-11(5-13(12)17)19-10(2)21/h3-5,7-8H,6H2,1-2H3,(H,19,21). The van der Waals surface area contributed by atoms with Crippen molar-refractivity contribution in [2.75, 3.05) is 5.32 Å². The zero-order valence-corrected chi connectivity index (χ0v) is 14.2. The van der Waals surface area contributed by atoms with Crippen LogP contribution in [-0.2, 0) is 11.2 Å². The highest BCUT2D eigenvalue weighted by atomic mass is 32.1. The Kier molecular flexibility index (Phi) is 4.49. The van der Waals surface area contributed by atoms with Crippen LogP contribution in [0.5, 0.6) is 0 Å². The smallest absolute Gasteiger partial charge is 0.221 e. The van der Waals surface area contributed by atoms with Crippen molar-refractivity contribution in [2.24, 2.45) is 0 Å². The lowest BCUT2D eigenvalue weighted by molar-refractivity contribution is -0.114. The number of anilines is 1. The Balaban J connectivity index is 1.81. The molecule has 0 unspecified atom stereocenters. The van der Waals surface area contributed by atoms with Crippen LogP contribution in [0.4, 0.5) is 10.1 Å². The van der Waals surface area contributed by atoms with E-state index in [0.717, 1.165) is 15.7 Å². The number of halogens is 1. The van der Waals surface area contributed by atoms with Crippen molar-refractivity contribution >= 4 is 34.3 Å². The maximum absolute atomic E-state index is 14.2. The van der Waals surface area contributed by atoms with Crippen LogP contribution in [0.25, 0.3) is 11.3 Å². The highest BCUT2D eigenvalue weighted by molar-refractivity contribution is 7.11. The molecule has 0 radical (unpaired) electrons. The Morgan fingerprint density at radius 1 is 1.22 bits per heavy atom. The van der Waals surface area contributed by atoms with Crippen LogP contribution in [0.3, 0.4) is 0 Å². The van der Waals surface area contributed by atoms with E-state index in [-0.39, 0.29) is 5.91 Å². The summed E-state index contributed by atoms with van der Waals surface area (Å²) < 4.78 is 14.2. The van der Waals surface area contributed by atoms with Gasteiger partial charge in [0, 0.05) is 34.6 Å². The molecule has 0 spiro atoms. The molecular weight excluding hydrogens is 333 g/mol. The minimum atomic E-state index is -0.404. The number of amides is 1. The zero-order chi connectivity index (χ0) is 16.4. The molecule has 0 aliphatic carbocycles. The van der Waals surface area contributed by atoms with Gasteiger partial charge < -0.3 is 5.32 Å². The second-order valence-electron chi connectivity index (χ2n) is 5.06. The molecule has 1 N–H and O–H groups in total. The van der Waals surface area contributed by atoms with Gasteiger partial charge in [-0.25, -0.2) is 14.4 Å². The van der Waals surface area contributed by atoms with E-state index in [4.69, 9.17) is 0 Å². The van der Waals surface area contributed by atoms with E-state index in [0.29, 0.717) is 23.4 Å². The summed E-state index contributed by atoms with van der Waals surface area (Å²) in [6.07, 6.45) is 0.661. The topological polar surface area (TPSA) is 54.9 Å². The number of thiazole rings is 2. The number of carbonyl (C=O) groups excluding carboxylic acids is 1. The van der Waals surface area contributed by atoms with Crippen molar-refractivity contribution in [3.63, 3.8) is 0 Å². The molecule has 4 nitrogen and oxygen atoms in total. The first-order chi connectivity index (χ1) is 11.0. The predicted octanol–water partition coefficient (Wildman–Crippen LogP) is 4.26. The van der Waals surface area contributed by atoms with Gasteiger partial charge in [0.15, 0.2) is 0 Å². The van der Waals surface area contributed by atoms with E-state index in [9.17, 15) is 9.18 Å². The lowest BCUT2D eigenvalue weighted by Crippen LogP contribution is -2.05. The van der Waals surface area contributed by atoms with Gasteiger partial charge in [-0.15, -0.1) is 22.7 Å². The molecule has 0 fully saturated rings. The van der Waals surface area contributed by atoms with E-state index in [2.05, 4.69) is 15.3 Å². The number of aromatic nitrogens is 2. The number of hydrogen-bond donors (Lipinski definition) is 1. The molecule has 1 aromatic carbocycles. The maximum Gasteiger partial charge on any atom is 0.221 e. The molecule has 0 bridgehead atoms. The third-order valence-electron chi connectivity index (χ3n) is 3.09. The number of hydrogen-bond acceptors (Lipinski definition) is 5. The molecule has 2 heterocycles. The van der Waals surface area contributed by atoms with Gasteiger partial charge in [-0.2, -0.15) is 0 Å². The first kappa shape index (κ1) is 15.8. The normalized spacial score (nSPS) is 10.7. The molecule has 7 heteroatoms. The fourth-order valence-electron chi connectivity index (χ4n) is 2.13. The van der Waals surface area contributed by atoms with E-state index in [1.165, 1.54) is 24.3 Å². The molecule has 118 valence electrons. The van der Waals surface area contributed by atoms with Crippen LogP contribution < -0.4 is 5.32 Å². The van der Waals surface area contributed by atoms with Gasteiger partial charge in [-0.1, -0.05) is 0 Å². The fourth-order valence-corrected chi connectivity index (χ4v) is 3.80. The van der Waals surface area contributed by atoms with Crippen molar-refractivity contribution in [3.05, 3.63) is 50.5 Å². The van der Waals surface area contributed by atoms with Gasteiger partial charge in [0.1, 0.15) is 10.8 Å². The predicted molar refractivity (Wildman–Crippen MR) is 91.5 cm³/mol. The summed E-state index contributed by atoms with van der Waals surface area (Å²) >= 11 is 3.09. The van der Waals surface area contributed by atoms with Gasteiger partial charge in [0.05, 0.1) is 17.1 Å². The number of carbonyl (C=O) groups is 1. The minimum absolute atomic E-state index is 0.230. The third kappa shape index (κ3) is 3.80. The average Bonchev–Trinajstić information content (AvgIpc) is 3.08. The summed E-state index contributed by atoms with van der Waals surface area (Å²) in [7, 11) is 0. The van der Waals surface area contributed by atoms with Crippen molar-refractivity contribution in [1.82, 2.24) is 9.97 Å². The summed E-state index contributed by atoms with van der Waals surface area (Å²) in [5.74, 6) is -0.634. The third-order valence-corrected chi connectivity index (χ3v) is 4.90. The molecular formula is C16H14FN3OS2. The first-order valence-electron chi connectivity index (χ1n) is 6.94. The Bertz CT molecular complexity index is 857. The summed E-state index contributed by atoms with van der Waals surface area (Å²) in [4.78, 5) is 19.9. The van der Waals surface area contributed by atoms with Gasteiger partial charge in [0.2, 0.25) is 5.91 Å². The molecule has 0 atom stereocenters. The Hall–Kier alpha value is -2.12. The largest absolute Gasteiger partial charge is 0.326 e. The highest BCUT2D eigenvalue weighted by Gasteiger charge is 2.12. The molecule has 3 aromatic rings. The molecule has 0 aliphatic heterocycles. The van der Waals surface area contributed by atoms with E-state index >= 15 is 0 Å². The summed E-state index contributed by atoms with van der Waals surface area (Å²) in [6.45, 7) is 3.35. The van der Waals surface area contributed by atoms with Gasteiger partial charge in [-0.05, 0) is 25.1 Å². The van der Waals surface area contributed by atoms with Gasteiger partial charge in [-0.3, -0.25) is 4.79 Å². The van der Waals surface area contributed by atoms with Crippen molar-refractivity contribution in [2.45, 2.75) is 20.3 Å². The summed E-state index contributed by atoms with van der Waals surface area (Å²) in [6, 6.07) is 4.61. The first-order valence-corrected chi connectivity index (χ1v) is 8.70. The number of nitrogens with zero attached hydrogens (tertiary/aromatic N) is 2. The SMILES string of the molecule is CC(=O)Nc1ccc(-c2csc(Cc3nc(C)cs3)n2)c(F)c1. The Morgan fingerprint density at radius 3 is 2.61 bits per heavy atom. The van der Waals surface area contributed by atoms with Crippen LogP contribution >= 0.6 is 22.7 Å². The molecule has 0 saturated carbocycles. The van der Waals surface area contributed by atoms with Crippen LogP contribution in [0.1, 0.15) is 22.6 Å². The summed E-state index contributed by atoms with van der Waals surface area (Å²) in [5.41, 5.74) is 2.47. The number of aryl methyl sites for hydroxylation is 1. The lowest BCUT2D eigenvalue weighted by Gasteiger charge is -2.04. The Labute approximate surface area is 141 Å². The van der Waals surface area contributed by atoms with Crippen molar-refractivity contribution in [3.8, 4) is 11.3 Å². The molecule has 2 aromatic heterocycles. The van der Waals surface area contributed by atoms with Crippen LogP contribution in [0.2, 0.25) is 0 Å². The zero-order valence-electron chi connectivity index (χ0n) is 12.6. The van der Waals surface area contributed by atoms with E-state index < -0.39 is 5.82 Å². The van der Waals surface area contributed by atoms with Gasteiger partial charge in [0.25, 0.3) is 0 Å². The minimum Gasteiger partial charge on any atom is -0.326 e. The number of rotatable bonds is 4. The second-order valence-corrected chi connectivity index (χ2v) is 6.95. The summed E-state index contributed by atoms with van der Waals surface area (Å²) in [5, 5.41) is 8.31. The lowest BCUT2D eigenvalue weighted by atomic mass is 10.1. The molecule has 1 amide bonds. The van der Waals surface area contributed by atoms with Crippen LogP contribution in [-0.4, -0.2) is 15.9 Å². The molecule has 23 heavy (non-hydrogen) atoms. The Morgan fingerprint density at radius 2 is 1.96 bits per heavy atom. The van der Waals surface area contributed by atoms with Crippen molar-refractivity contribution in [1.29, 1.82) is 0 Å². The van der Waals surface area contributed by atoms with Gasteiger partial charge >= 0.3 is 0 Å². The maximum atomic E-state index is 14.2. The van der Waals surface area contributed by atoms with E-state index in [1.54, 1.807) is 23.5 Å². The number of benzene rings is 1. The number of nitrogens with one attached hydrogen (secondary N) is 1. The monoisotopic (exact) mass is 347 g/mol. The fraction of sp³-hybridized carbons (Fsp3) is 0.188. The quantitative estimate of drug-likeness (QED) is 0.767.